The molecule has 142 valence electrons. The van der Waals surface area contributed by atoms with Crippen molar-refractivity contribution in [3.63, 3.8) is 0 Å². The van der Waals surface area contributed by atoms with Crippen molar-refractivity contribution in [2.75, 3.05) is 13.7 Å². The van der Waals surface area contributed by atoms with Crippen LogP contribution in [0.15, 0.2) is 0 Å². The lowest BCUT2D eigenvalue weighted by molar-refractivity contribution is -0.140. The Hall–Kier alpha value is -1.12. The molecule has 4 nitrogen and oxygen atoms in total. The van der Waals surface area contributed by atoms with Gasteiger partial charge < -0.3 is 9.16 Å². The number of hydrogen-bond acceptors (Lipinski definition) is 4. The molecule has 0 bridgehead atoms. The van der Waals surface area contributed by atoms with Crippen molar-refractivity contribution in [2.45, 2.75) is 77.4 Å². The number of carbonyl (C=O) groups is 2. The van der Waals surface area contributed by atoms with E-state index < -0.39 is 8.32 Å². The van der Waals surface area contributed by atoms with E-state index in [9.17, 15) is 9.59 Å². The highest BCUT2D eigenvalue weighted by atomic mass is 28.4. The molecule has 5 heteroatoms. The summed E-state index contributed by atoms with van der Waals surface area (Å²) in [4.78, 5) is 23.2. The van der Waals surface area contributed by atoms with Crippen LogP contribution in [-0.2, 0) is 18.8 Å². The van der Waals surface area contributed by atoms with Crippen molar-refractivity contribution in [2.24, 2.45) is 11.8 Å². The second kappa shape index (κ2) is 9.54. The molecule has 0 aromatic carbocycles. The average molecular weight is 367 g/mol. The lowest BCUT2D eigenvalue weighted by Gasteiger charge is -2.37. The largest absolute Gasteiger partial charge is 0.469 e. The Morgan fingerprint density at radius 3 is 2.56 bits per heavy atom. The van der Waals surface area contributed by atoms with E-state index in [4.69, 9.17) is 4.43 Å². The fourth-order valence-corrected chi connectivity index (χ4v) is 3.75. The molecule has 0 N–H and O–H groups in total. The van der Waals surface area contributed by atoms with Gasteiger partial charge in [0.25, 0.3) is 0 Å². The smallest absolute Gasteiger partial charge is 0.305 e. The number of hydrogen-bond donors (Lipinski definition) is 0. The lowest BCUT2D eigenvalue weighted by Crippen LogP contribution is -2.42. The Labute approximate surface area is 154 Å². The summed E-state index contributed by atoms with van der Waals surface area (Å²) in [6.07, 6.45) is 3.96. The molecule has 0 aromatic heterocycles. The molecule has 0 heterocycles. The number of methoxy groups -OCH3 is 1. The Balaban J connectivity index is 2.47. The van der Waals surface area contributed by atoms with Gasteiger partial charge in [-0.25, -0.2) is 0 Å². The molecule has 1 rings (SSSR count). The van der Waals surface area contributed by atoms with Crippen LogP contribution in [0.25, 0.3) is 0 Å². The van der Waals surface area contributed by atoms with E-state index in [1.165, 1.54) is 7.11 Å². The molecule has 2 atom stereocenters. The second-order valence-corrected chi connectivity index (χ2v) is 13.2. The first-order valence-corrected chi connectivity index (χ1v) is 12.2. The van der Waals surface area contributed by atoms with Gasteiger partial charge in [0.2, 0.25) is 0 Å². The van der Waals surface area contributed by atoms with E-state index in [-0.39, 0.29) is 16.9 Å². The van der Waals surface area contributed by atoms with Crippen LogP contribution in [0.5, 0.6) is 0 Å². The van der Waals surface area contributed by atoms with Crippen LogP contribution >= 0.6 is 0 Å². The molecule has 0 aromatic rings. The predicted molar refractivity (Wildman–Crippen MR) is 103 cm³/mol. The highest BCUT2D eigenvalue weighted by molar-refractivity contribution is 6.74. The highest BCUT2D eigenvalue weighted by Crippen LogP contribution is 2.38. The normalized spacial score (nSPS) is 21.0. The van der Waals surface area contributed by atoms with Gasteiger partial charge in [0.15, 0.2) is 8.32 Å². The van der Waals surface area contributed by atoms with E-state index in [2.05, 4.69) is 50.4 Å². The van der Waals surface area contributed by atoms with Crippen LogP contribution in [0.3, 0.4) is 0 Å². The summed E-state index contributed by atoms with van der Waals surface area (Å²) < 4.78 is 10.9. The van der Waals surface area contributed by atoms with E-state index in [0.29, 0.717) is 50.4 Å². The minimum Gasteiger partial charge on any atom is -0.469 e. The van der Waals surface area contributed by atoms with E-state index >= 15 is 0 Å². The minimum absolute atomic E-state index is 0.0119. The zero-order chi connectivity index (χ0) is 19.1. The van der Waals surface area contributed by atoms with Crippen molar-refractivity contribution >= 4 is 20.1 Å². The van der Waals surface area contributed by atoms with Crippen LogP contribution in [0.4, 0.5) is 0 Å². The zero-order valence-electron chi connectivity index (χ0n) is 16.7. The number of ether oxygens (including phenoxy) is 1. The van der Waals surface area contributed by atoms with Crippen molar-refractivity contribution in [1.82, 2.24) is 0 Å². The average Bonchev–Trinajstić information content (AvgIpc) is 2.87. The molecule has 1 aliphatic carbocycles. The van der Waals surface area contributed by atoms with E-state index in [0.717, 1.165) is 6.42 Å². The van der Waals surface area contributed by atoms with Gasteiger partial charge in [-0.3, -0.25) is 9.59 Å². The summed E-state index contributed by atoms with van der Waals surface area (Å²) in [5.41, 5.74) is 0. The zero-order valence-corrected chi connectivity index (χ0v) is 17.7. The second-order valence-electron chi connectivity index (χ2n) is 8.43. The Bertz CT molecular complexity index is 522. The number of ketones is 1. The molecule has 0 saturated heterocycles. The van der Waals surface area contributed by atoms with Crippen molar-refractivity contribution in [3.05, 3.63) is 0 Å². The van der Waals surface area contributed by atoms with Crippen LogP contribution in [-0.4, -0.2) is 33.8 Å². The number of esters is 1. The van der Waals surface area contributed by atoms with Gasteiger partial charge in [0.05, 0.1) is 7.11 Å². The van der Waals surface area contributed by atoms with E-state index in [1.54, 1.807) is 0 Å². The quantitative estimate of drug-likeness (QED) is 0.291. The van der Waals surface area contributed by atoms with Crippen LogP contribution < -0.4 is 0 Å². The summed E-state index contributed by atoms with van der Waals surface area (Å²) in [5, 5.41) is 0.185. The molecule has 0 radical (unpaired) electrons. The number of unbranched alkanes of at least 4 members (excludes halogenated alkanes) is 1. The highest BCUT2D eigenvalue weighted by Gasteiger charge is 2.40. The lowest BCUT2D eigenvalue weighted by atomic mass is 9.93. The Morgan fingerprint density at radius 1 is 1.28 bits per heavy atom. The van der Waals surface area contributed by atoms with E-state index in [1.807, 2.05) is 0 Å². The molecule has 25 heavy (non-hydrogen) atoms. The third kappa shape index (κ3) is 6.95. The van der Waals surface area contributed by atoms with Crippen LogP contribution in [0, 0.1) is 23.7 Å². The van der Waals surface area contributed by atoms with Gasteiger partial charge in [0.1, 0.15) is 5.78 Å². The van der Waals surface area contributed by atoms with Crippen molar-refractivity contribution < 1.29 is 18.8 Å². The minimum atomic E-state index is -1.78. The maximum atomic E-state index is 12.2. The molecule has 1 saturated carbocycles. The third-order valence-corrected chi connectivity index (χ3v) is 10.1. The SMILES string of the molecule is COC(=O)CCCC#CC[C@H]1C(=O)CCC1CO[Si](C)(C)C(C)(C)C. The summed E-state index contributed by atoms with van der Waals surface area (Å²) >= 11 is 0. The van der Waals surface area contributed by atoms with Crippen molar-refractivity contribution in [1.29, 1.82) is 0 Å². The summed E-state index contributed by atoms with van der Waals surface area (Å²) in [6.45, 7) is 11.9. The Kier molecular flexibility index (Phi) is 8.36. The molecule has 0 spiro atoms. The van der Waals surface area contributed by atoms with Gasteiger partial charge in [-0.2, -0.15) is 0 Å². The maximum absolute atomic E-state index is 12.2. The molecule has 0 aliphatic heterocycles. The van der Waals surface area contributed by atoms with Crippen LogP contribution in [0.2, 0.25) is 18.1 Å². The summed E-state index contributed by atoms with van der Waals surface area (Å²) in [7, 11) is -0.384. The predicted octanol–water partition coefficient (Wildman–Crippen LogP) is 4.34. The standard InChI is InChI=1S/C20H34O4Si/c1-20(2,3)25(5,6)24-15-16-13-14-18(21)17(16)11-9-7-8-10-12-19(22)23-4/h16-17H,8,10-15H2,1-6H3/t16?,17-/m1/s1. The third-order valence-electron chi connectivity index (χ3n) is 5.57. The number of rotatable bonds is 7. The maximum Gasteiger partial charge on any atom is 0.305 e. The molecular weight excluding hydrogens is 332 g/mol. The molecule has 1 unspecified atom stereocenters. The fourth-order valence-electron chi connectivity index (χ4n) is 2.68. The number of carbonyl (C=O) groups excluding carboxylic acids is 2. The monoisotopic (exact) mass is 366 g/mol. The fraction of sp³-hybridized carbons (Fsp3) is 0.800. The first-order chi connectivity index (χ1) is 11.6. The topological polar surface area (TPSA) is 52.6 Å². The molecule has 1 aliphatic rings. The van der Waals surface area contributed by atoms with Crippen molar-refractivity contribution in [3.8, 4) is 11.8 Å². The van der Waals surface area contributed by atoms with Gasteiger partial charge in [-0.15, -0.1) is 11.8 Å². The molecular formula is C20H34O4Si. The van der Waals surface area contributed by atoms with Gasteiger partial charge in [-0.05, 0) is 36.9 Å². The first-order valence-electron chi connectivity index (χ1n) is 9.27. The summed E-state index contributed by atoms with van der Waals surface area (Å²) in [5.74, 6) is 6.66. The molecule has 1 fully saturated rings. The van der Waals surface area contributed by atoms with Crippen LogP contribution in [0.1, 0.15) is 59.3 Å². The van der Waals surface area contributed by atoms with Gasteiger partial charge in [0, 0.05) is 38.2 Å². The van der Waals surface area contributed by atoms with Gasteiger partial charge >= 0.3 is 5.97 Å². The first kappa shape index (κ1) is 21.9. The molecule has 0 amide bonds. The number of Topliss-reactive ketones (excluding diaryl/α,β-unsaturated/α-hetero) is 1. The Morgan fingerprint density at radius 2 is 1.96 bits per heavy atom. The summed E-state index contributed by atoms with van der Waals surface area (Å²) in [6, 6.07) is 0. The van der Waals surface area contributed by atoms with Gasteiger partial charge in [-0.1, -0.05) is 20.8 Å².